The van der Waals surface area contributed by atoms with Crippen molar-refractivity contribution in [2.24, 2.45) is 0 Å². The predicted molar refractivity (Wildman–Crippen MR) is 111 cm³/mol. The Labute approximate surface area is 167 Å². The van der Waals surface area contributed by atoms with Crippen LogP contribution in [0.4, 0.5) is 5.69 Å². The smallest absolute Gasteiger partial charge is 0.147 e. The minimum absolute atomic E-state index is 0.113. The minimum Gasteiger partial charge on any atom is -0.505 e. The van der Waals surface area contributed by atoms with E-state index in [2.05, 4.69) is 15.3 Å². The van der Waals surface area contributed by atoms with Gasteiger partial charge in [-0.2, -0.15) is 0 Å². The van der Waals surface area contributed by atoms with E-state index in [1.807, 2.05) is 48.5 Å². The van der Waals surface area contributed by atoms with Crippen LogP contribution in [-0.4, -0.2) is 22.2 Å². The molecular formula is C22H18ClN3O2. The number of nitrogens with one attached hydrogen (secondary N) is 1. The lowest BCUT2D eigenvalue weighted by Gasteiger charge is -2.24. The van der Waals surface area contributed by atoms with E-state index in [0.29, 0.717) is 21.9 Å². The van der Waals surface area contributed by atoms with Crippen LogP contribution in [0.1, 0.15) is 17.2 Å². The average molecular weight is 392 g/mol. The van der Waals surface area contributed by atoms with Gasteiger partial charge in [-0.15, -0.1) is 0 Å². The SMILES string of the molecule is COc1ccc(Cl)cc1[C@@H](Nc1cccnc1)c1ccc2cccnc2c1O. The van der Waals surface area contributed by atoms with Gasteiger partial charge in [0.1, 0.15) is 17.0 Å². The van der Waals surface area contributed by atoms with Gasteiger partial charge in [0.2, 0.25) is 0 Å². The van der Waals surface area contributed by atoms with Crippen molar-refractivity contribution < 1.29 is 9.84 Å². The maximum Gasteiger partial charge on any atom is 0.147 e. The molecule has 0 fully saturated rings. The molecule has 0 spiro atoms. The van der Waals surface area contributed by atoms with E-state index < -0.39 is 6.04 Å². The first-order chi connectivity index (χ1) is 13.7. The molecule has 4 rings (SSSR count). The molecule has 6 heteroatoms. The van der Waals surface area contributed by atoms with Gasteiger partial charge in [0.25, 0.3) is 0 Å². The minimum atomic E-state index is -0.427. The van der Waals surface area contributed by atoms with Crippen molar-refractivity contribution in [3.8, 4) is 11.5 Å². The second kappa shape index (κ2) is 7.74. The van der Waals surface area contributed by atoms with Crippen LogP contribution in [0.15, 0.2) is 73.2 Å². The number of phenolic OH excluding ortho intramolecular Hbond substituents is 1. The molecule has 2 aromatic carbocycles. The number of fused-ring (bicyclic) bond motifs is 1. The second-order valence-electron chi connectivity index (χ2n) is 6.28. The highest BCUT2D eigenvalue weighted by Crippen LogP contribution is 2.40. The number of nitrogens with zero attached hydrogens (tertiary/aromatic N) is 2. The summed E-state index contributed by atoms with van der Waals surface area (Å²) in [5.74, 6) is 0.771. The normalized spacial score (nSPS) is 11.9. The largest absolute Gasteiger partial charge is 0.505 e. The lowest BCUT2D eigenvalue weighted by molar-refractivity contribution is 0.408. The van der Waals surface area contributed by atoms with Crippen molar-refractivity contribution >= 4 is 28.2 Å². The molecule has 2 N–H and O–H groups in total. The first-order valence-corrected chi connectivity index (χ1v) is 9.12. The van der Waals surface area contributed by atoms with Crippen LogP contribution < -0.4 is 10.1 Å². The standard InChI is InChI=1S/C22H18ClN3O2/c1-28-19-9-7-15(23)12-18(19)21(26-16-5-3-10-24-13-16)17-8-6-14-4-2-11-25-20(14)22(17)27/h2-13,21,26-27H,1H3/t21-/m0/s1. The molecule has 0 radical (unpaired) electrons. The number of pyridine rings is 2. The van der Waals surface area contributed by atoms with Crippen molar-refractivity contribution in [2.45, 2.75) is 6.04 Å². The number of hydrogen-bond acceptors (Lipinski definition) is 5. The number of methoxy groups -OCH3 is 1. The van der Waals surface area contributed by atoms with Crippen molar-refractivity contribution in [1.82, 2.24) is 9.97 Å². The summed E-state index contributed by atoms with van der Waals surface area (Å²) in [4.78, 5) is 8.50. The van der Waals surface area contributed by atoms with Crippen molar-refractivity contribution in [2.75, 3.05) is 12.4 Å². The van der Waals surface area contributed by atoms with Gasteiger partial charge in [-0.05, 0) is 36.4 Å². The van der Waals surface area contributed by atoms with Crippen LogP contribution in [0.25, 0.3) is 10.9 Å². The summed E-state index contributed by atoms with van der Waals surface area (Å²) < 4.78 is 5.56. The Hall–Kier alpha value is -3.31. The summed E-state index contributed by atoms with van der Waals surface area (Å²) in [6.45, 7) is 0. The first kappa shape index (κ1) is 18.1. The Morgan fingerprint density at radius 2 is 1.89 bits per heavy atom. The quantitative estimate of drug-likeness (QED) is 0.489. The number of benzene rings is 2. The Morgan fingerprint density at radius 3 is 2.68 bits per heavy atom. The number of anilines is 1. The zero-order chi connectivity index (χ0) is 19.5. The maximum absolute atomic E-state index is 11.0. The molecule has 2 aromatic heterocycles. The van der Waals surface area contributed by atoms with Crippen LogP contribution in [0.5, 0.6) is 11.5 Å². The highest BCUT2D eigenvalue weighted by Gasteiger charge is 2.23. The third-order valence-electron chi connectivity index (χ3n) is 4.57. The first-order valence-electron chi connectivity index (χ1n) is 8.74. The van der Waals surface area contributed by atoms with Crippen LogP contribution in [-0.2, 0) is 0 Å². The lowest BCUT2D eigenvalue weighted by atomic mass is 9.95. The molecule has 0 aliphatic heterocycles. The highest BCUT2D eigenvalue weighted by atomic mass is 35.5. The van der Waals surface area contributed by atoms with E-state index in [9.17, 15) is 5.11 Å². The summed E-state index contributed by atoms with van der Waals surface area (Å²) in [6, 6.07) is 16.3. The van der Waals surface area contributed by atoms with Crippen LogP contribution >= 0.6 is 11.6 Å². The molecule has 0 amide bonds. The third kappa shape index (κ3) is 3.44. The molecule has 5 nitrogen and oxygen atoms in total. The Bertz CT molecular complexity index is 1120. The maximum atomic E-state index is 11.0. The van der Waals surface area contributed by atoms with Crippen molar-refractivity contribution in [1.29, 1.82) is 0 Å². The lowest BCUT2D eigenvalue weighted by Crippen LogP contribution is -2.14. The molecule has 2 heterocycles. The van der Waals surface area contributed by atoms with E-state index in [4.69, 9.17) is 16.3 Å². The van der Waals surface area contributed by atoms with Gasteiger partial charge in [0, 0.05) is 40.1 Å². The average Bonchev–Trinajstić information content (AvgIpc) is 2.74. The molecule has 4 aromatic rings. The van der Waals surface area contributed by atoms with Gasteiger partial charge in [-0.25, -0.2) is 0 Å². The Kier molecular flexibility index (Phi) is 5.00. The number of hydrogen-bond donors (Lipinski definition) is 2. The van der Waals surface area contributed by atoms with Crippen LogP contribution in [0.2, 0.25) is 5.02 Å². The predicted octanol–water partition coefficient (Wildman–Crippen LogP) is 5.20. The fourth-order valence-electron chi connectivity index (χ4n) is 3.25. The van der Waals surface area contributed by atoms with E-state index in [1.165, 1.54) is 0 Å². The van der Waals surface area contributed by atoms with Crippen LogP contribution in [0.3, 0.4) is 0 Å². The Morgan fingerprint density at radius 1 is 1.04 bits per heavy atom. The van der Waals surface area contributed by atoms with Gasteiger partial charge in [-0.3, -0.25) is 9.97 Å². The molecule has 0 unspecified atom stereocenters. The van der Waals surface area contributed by atoms with E-state index in [1.54, 1.807) is 31.8 Å². The summed E-state index contributed by atoms with van der Waals surface area (Å²) in [6.07, 6.45) is 5.09. The second-order valence-corrected chi connectivity index (χ2v) is 6.72. The molecular weight excluding hydrogens is 374 g/mol. The van der Waals surface area contributed by atoms with Gasteiger partial charge in [-0.1, -0.05) is 29.8 Å². The molecule has 140 valence electrons. The van der Waals surface area contributed by atoms with E-state index in [0.717, 1.165) is 16.6 Å². The highest BCUT2D eigenvalue weighted by molar-refractivity contribution is 6.30. The van der Waals surface area contributed by atoms with Crippen molar-refractivity contribution in [3.63, 3.8) is 0 Å². The number of aromatic hydroxyl groups is 1. The number of phenols is 1. The van der Waals surface area contributed by atoms with Crippen LogP contribution in [0, 0.1) is 0 Å². The summed E-state index contributed by atoms with van der Waals surface area (Å²) in [7, 11) is 1.61. The number of ether oxygens (including phenoxy) is 1. The van der Waals surface area contributed by atoms with Crippen molar-refractivity contribution in [3.05, 3.63) is 89.3 Å². The molecule has 1 atom stereocenters. The monoisotopic (exact) mass is 391 g/mol. The number of aromatic nitrogens is 2. The summed E-state index contributed by atoms with van der Waals surface area (Å²) in [5, 5.41) is 15.9. The molecule has 28 heavy (non-hydrogen) atoms. The molecule has 0 bridgehead atoms. The summed E-state index contributed by atoms with van der Waals surface area (Å²) >= 11 is 6.27. The number of rotatable bonds is 5. The zero-order valence-electron chi connectivity index (χ0n) is 15.1. The van der Waals surface area contributed by atoms with Gasteiger partial charge in [0.15, 0.2) is 0 Å². The molecule has 0 aliphatic rings. The van der Waals surface area contributed by atoms with E-state index in [-0.39, 0.29) is 5.75 Å². The topological polar surface area (TPSA) is 67.3 Å². The third-order valence-corrected chi connectivity index (χ3v) is 4.80. The van der Waals surface area contributed by atoms with Gasteiger partial charge in [0.05, 0.1) is 18.8 Å². The molecule has 0 saturated carbocycles. The molecule has 0 aliphatic carbocycles. The van der Waals surface area contributed by atoms with Gasteiger partial charge < -0.3 is 15.2 Å². The number of halogens is 1. The summed E-state index contributed by atoms with van der Waals surface area (Å²) in [5.41, 5.74) is 2.80. The Balaban J connectivity index is 1.91. The molecule has 0 saturated heterocycles. The zero-order valence-corrected chi connectivity index (χ0v) is 15.9. The fraction of sp³-hybridized carbons (Fsp3) is 0.0909. The van der Waals surface area contributed by atoms with Gasteiger partial charge >= 0.3 is 0 Å². The van der Waals surface area contributed by atoms with E-state index >= 15 is 0 Å². The fourth-order valence-corrected chi connectivity index (χ4v) is 3.43.